The summed E-state index contributed by atoms with van der Waals surface area (Å²) in [5.74, 6) is 1.13. The third-order valence-electron chi connectivity index (χ3n) is 4.73. The monoisotopic (exact) mass is 349 g/mol. The van der Waals surface area contributed by atoms with E-state index in [4.69, 9.17) is 9.47 Å². The molecule has 0 unspecified atom stereocenters. The third kappa shape index (κ3) is 2.93. The highest BCUT2D eigenvalue weighted by Crippen LogP contribution is 2.34. The van der Waals surface area contributed by atoms with E-state index in [1.165, 1.54) is 0 Å². The molecule has 1 fully saturated rings. The van der Waals surface area contributed by atoms with Crippen LogP contribution in [0.4, 0.5) is 5.69 Å². The van der Waals surface area contributed by atoms with Gasteiger partial charge >= 0.3 is 0 Å². The van der Waals surface area contributed by atoms with E-state index in [0.29, 0.717) is 62.0 Å². The maximum atomic E-state index is 13.0. The Balaban J connectivity index is 1.49. The molecule has 1 amide bonds. The minimum Gasteiger partial charge on any atom is -0.486 e. The summed E-state index contributed by atoms with van der Waals surface area (Å²) in [4.78, 5) is 16.9. The molecule has 0 bridgehead atoms. The number of benzene rings is 2. The van der Waals surface area contributed by atoms with Gasteiger partial charge in [0.2, 0.25) is 0 Å². The first kappa shape index (κ1) is 16.3. The van der Waals surface area contributed by atoms with Crippen molar-refractivity contribution < 1.29 is 14.3 Å². The Hall–Kier alpha value is -3.20. The summed E-state index contributed by atoms with van der Waals surface area (Å²) in [6.45, 7) is 3.54. The Labute approximate surface area is 152 Å². The Kier molecular flexibility index (Phi) is 4.36. The summed E-state index contributed by atoms with van der Waals surface area (Å²) < 4.78 is 11.2. The van der Waals surface area contributed by atoms with Crippen LogP contribution in [0.3, 0.4) is 0 Å². The van der Waals surface area contributed by atoms with Gasteiger partial charge in [-0.25, -0.2) is 0 Å². The second-order valence-electron chi connectivity index (χ2n) is 6.24. The molecule has 2 aromatic rings. The third-order valence-corrected chi connectivity index (χ3v) is 4.73. The van der Waals surface area contributed by atoms with E-state index in [2.05, 4.69) is 11.0 Å². The van der Waals surface area contributed by atoms with Crippen LogP contribution >= 0.6 is 0 Å². The predicted octanol–water partition coefficient (Wildman–Crippen LogP) is 2.29. The van der Waals surface area contributed by atoms with E-state index in [0.717, 1.165) is 5.69 Å². The van der Waals surface area contributed by atoms with Gasteiger partial charge in [-0.05, 0) is 24.3 Å². The number of para-hydroxylation sites is 2. The van der Waals surface area contributed by atoms with Gasteiger partial charge in [-0.1, -0.05) is 18.2 Å². The zero-order valence-electron chi connectivity index (χ0n) is 14.4. The van der Waals surface area contributed by atoms with Crippen LogP contribution in [0.25, 0.3) is 0 Å². The second-order valence-corrected chi connectivity index (χ2v) is 6.24. The van der Waals surface area contributed by atoms with Crippen LogP contribution in [-0.4, -0.2) is 50.2 Å². The highest BCUT2D eigenvalue weighted by Gasteiger charge is 2.27. The number of carbonyl (C=O) groups is 1. The number of piperazine rings is 1. The molecule has 0 N–H and O–H groups in total. The Bertz CT molecular complexity index is 867. The molecular formula is C20H19N3O3. The molecule has 2 aromatic carbocycles. The van der Waals surface area contributed by atoms with Gasteiger partial charge in [-0.2, -0.15) is 5.26 Å². The van der Waals surface area contributed by atoms with Crippen molar-refractivity contribution in [2.24, 2.45) is 0 Å². The molecule has 6 nitrogen and oxygen atoms in total. The van der Waals surface area contributed by atoms with Gasteiger partial charge in [-0.3, -0.25) is 4.79 Å². The van der Waals surface area contributed by atoms with Gasteiger partial charge in [0.1, 0.15) is 19.3 Å². The van der Waals surface area contributed by atoms with Crippen LogP contribution in [0.15, 0.2) is 42.5 Å². The summed E-state index contributed by atoms with van der Waals surface area (Å²) in [5.41, 5.74) is 2.14. The molecule has 4 rings (SSSR count). The lowest BCUT2D eigenvalue weighted by Crippen LogP contribution is -2.49. The summed E-state index contributed by atoms with van der Waals surface area (Å²) in [6.07, 6.45) is 0. The lowest BCUT2D eigenvalue weighted by Gasteiger charge is -2.36. The smallest absolute Gasteiger partial charge is 0.257 e. The summed E-state index contributed by atoms with van der Waals surface area (Å²) in [6, 6.07) is 15.2. The van der Waals surface area contributed by atoms with Crippen LogP contribution in [0.2, 0.25) is 0 Å². The van der Waals surface area contributed by atoms with Crippen LogP contribution in [0.1, 0.15) is 15.9 Å². The first-order valence-corrected chi connectivity index (χ1v) is 8.70. The average molecular weight is 349 g/mol. The van der Waals surface area contributed by atoms with Crippen molar-refractivity contribution in [2.45, 2.75) is 0 Å². The second kappa shape index (κ2) is 6.96. The van der Waals surface area contributed by atoms with Gasteiger partial charge in [0, 0.05) is 26.2 Å². The van der Waals surface area contributed by atoms with Crippen LogP contribution in [0.5, 0.6) is 11.5 Å². The first-order chi connectivity index (χ1) is 12.8. The molecule has 0 radical (unpaired) electrons. The minimum absolute atomic E-state index is 0.0411. The SMILES string of the molecule is N#Cc1ccccc1N1CCN(C(=O)c2cccc3c2OCCO3)CC1. The van der Waals surface area contributed by atoms with E-state index in [-0.39, 0.29) is 5.91 Å². The highest BCUT2D eigenvalue weighted by atomic mass is 16.6. The number of nitriles is 1. The van der Waals surface area contributed by atoms with Gasteiger partial charge in [0.05, 0.1) is 16.8 Å². The zero-order valence-corrected chi connectivity index (χ0v) is 14.4. The zero-order chi connectivity index (χ0) is 17.9. The number of hydrogen-bond donors (Lipinski definition) is 0. The van der Waals surface area contributed by atoms with E-state index in [9.17, 15) is 10.1 Å². The minimum atomic E-state index is -0.0411. The highest BCUT2D eigenvalue weighted by molar-refractivity contribution is 5.98. The van der Waals surface area contributed by atoms with Crippen molar-refractivity contribution in [3.8, 4) is 17.6 Å². The van der Waals surface area contributed by atoms with Gasteiger partial charge in [0.25, 0.3) is 5.91 Å². The molecule has 1 saturated heterocycles. The molecule has 2 aliphatic rings. The number of carbonyl (C=O) groups excluding carboxylic acids is 1. The quantitative estimate of drug-likeness (QED) is 0.832. The molecule has 6 heteroatoms. The maximum absolute atomic E-state index is 13.0. The average Bonchev–Trinajstić information content (AvgIpc) is 2.73. The Morgan fingerprint density at radius 2 is 1.73 bits per heavy atom. The van der Waals surface area contributed by atoms with E-state index in [1.807, 2.05) is 41.3 Å². The topological polar surface area (TPSA) is 65.8 Å². The number of hydrogen-bond acceptors (Lipinski definition) is 5. The normalized spacial score (nSPS) is 16.1. The van der Waals surface area contributed by atoms with Crippen molar-refractivity contribution >= 4 is 11.6 Å². The molecule has 0 aliphatic carbocycles. The Morgan fingerprint density at radius 1 is 0.962 bits per heavy atom. The van der Waals surface area contributed by atoms with Gasteiger partial charge in [0.15, 0.2) is 11.5 Å². The molecule has 0 aromatic heterocycles. The predicted molar refractivity (Wildman–Crippen MR) is 96.7 cm³/mol. The number of ether oxygens (including phenoxy) is 2. The standard InChI is InChI=1S/C20H19N3O3/c21-14-15-4-1-2-6-17(15)22-8-10-23(11-9-22)20(24)16-5-3-7-18-19(16)26-13-12-25-18/h1-7H,8-13H2. The fraction of sp³-hybridized carbons (Fsp3) is 0.300. The van der Waals surface area contributed by atoms with Crippen LogP contribution in [0, 0.1) is 11.3 Å². The van der Waals surface area contributed by atoms with Crippen molar-refractivity contribution in [3.05, 3.63) is 53.6 Å². The Morgan fingerprint density at radius 3 is 2.54 bits per heavy atom. The molecule has 132 valence electrons. The lowest BCUT2D eigenvalue weighted by molar-refractivity contribution is 0.0736. The largest absolute Gasteiger partial charge is 0.486 e. The fourth-order valence-electron chi connectivity index (χ4n) is 3.41. The van der Waals surface area contributed by atoms with E-state index < -0.39 is 0 Å². The number of fused-ring (bicyclic) bond motifs is 1. The summed E-state index contributed by atoms with van der Waals surface area (Å²) >= 11 is 0. The van der Waals surface area contributed by atoms with Crippen molar-refractivity contribution in [3.63, 3.8) is 0 Å². The lowest BCUT2D eigenvalue weighted by atomic mass is 10.1. The molecule has 2 heterocycles. The number of amides is 1. The molecular weight excluding hydrogens is 330 g/mol. The van der Waals surface area contributed by atoms with Gasteiger partial charge in [-0.15, -0.1) is 0 Å². The molecule has 0 saturated carbocycles. The molecule has 2 aliphatic heterocycles. The number of anilines is 1. The van der Waals surface area contributed by atoms with Crippen LogP contribution in [-0.2, 0) is 0 Å². The molecule has 0 spiro atoms. The van der Waals surface area contributed by atoms with E-state index >= 15 is 0 Å². The fourth-order valence-corrected chi connectivity index (χ4v) is 3.41. The summed E-state index contributed by atoms with van der Waals surface area (Å²) in [5, 5.41) is 9.28. The van der Waals surface area contributed by atoms with Crippen molar-refractivity contribution in [2.75, 3.05) is 44.3 Å². The number of nitrogens with zero attached hydrogens (tertiary/aromatic N) is 3. The van der Waals surface area contributed by atoms with Crippen molar-refractivity contribution in [1.82, 2.24) is 4.90 Å². The molecule has 0 atom stereocenters. The summed E-state index contributed by atoms with van der Waals surface area (Å²) in [7, 11) is 0. The number of rotatable bonds is 2. The maximum Gasteiger partial charge on any atom is 0.257 e. The first-order valence-electron chi connectivity index (χ1n) is 8.70. The molecule has 26 heavy (non-hydrogen) atoms. The van der Waals surface area contributed by atoms with Crippen molar-refractivity contribution in [1.29, 1.82) is 5.26 Å². The van der Waals surface area contributed by atoms with E-state index in [1.54, 1.807) is 6.07 Å². The van der Waals surface area contributed by atoms with Gasteiger partial charge < -0.3 is 19.3 Å². The van der Waals surface area contributed by atoms with Crippen LogP contribution < -0.4 is 14.4 Å².